The Morgan fingerprint density at radius 1 is 1.80 bits per heavy atom. The molecule has 0 aromatic heterocycles. The van der Waals surface area contributed by atoms with Gasteiger partial charge in [-0.3, -0.25) is 4.99 Å². The highest BCUT2D eigenvalue weighted by molar-refractivity contribution is 5.87. The fourth-order valence-electron chi connectivity index (χ4n) is 1.08. The van der Waals surface area contributed by atoms with Crippen molar-refractivity contribution in [1.29, 1.82) is 5.26 Å². The lowest BCUT2D eigenvalue weighted by atomic mass is 10.2. The molecule has 0 fully saturated rings. The fourth-order valence-corrected chi connectivity index (χ4v) is 1.08. The second-order valence-electron chi connectivity index (χ2n) is 2.51. The average Bonchev–Trinajstić information content (AvgIpc) is 2.34. The molecule has 0 bridgehead atoms. The highest BCUT2D eigenvalue weighted by Crippen LogP contribution is 2.06. The Hall–Kier alpha value is -1.04. The van der Waals surface area contributed by atoms with Gasteiger partial charge in [-0.1, -0.05) is 0 Å². The lowest BCUT2D eigenvalue weighted by Gasteiger charge is -2.14. The summed E-state index contributed by atoms with van der Waals surface area (Å²) in [5.41, 5.74) is 0. The van der Waals surface area contributed by atoms with Crippen molar-refractivity contribution < 1.29 is 0 Å². The molecule has 0 amide bonds. The molecule has 0 saturated heterocycles. The van der Waals surface area contributed by atoms with E-state index in [0.29, 0.717) is 0 Å². The highest BCUT2D eigenvalue weighted by Gasteiger charge is 2.17. The summed E-state index contributed by atoms with van der Waals surface area (Å²) < 4.78 is 0. The minimum atomic E-state index is -0.0486. The van der Waals surface area contributed by atoms with Crippen LogP contribution in [0.3, 0.4) is 0 Å². The van der Waals surface area contributed by atoms with Crippen molar-refractivity contribution in [2.24, 2.45) is 10.9 Å². The van der Waals surface area contributed by atoms with Crippen LogP contribution < -0.4 is 0 Å². The number of rotatable bonds is 1. The van der Waals surface area contributed by atoms with Crippen LogP contribution >= 0.6 is 0 Å². The lowest BCUT2D eigenvalue weighted by molar-refractivity contribution is 0.537. The smallest absolute Gasteiger partial charge is 0.116 e. The van der Waals surface area contributed by atoms with Gasteiger partial charge in [-0.2, -0.15) is 5.26 Å². The summed E-state index contributed by atoms with van der Waals surface area (Å²) in [6.07, 6.45) is 0. The van der Waals surface area contributed by atoms with Crippen LogP contribution in [0.15, 0.2) is 4.99 Å². The van der Waals surface area contributed by atoms with Gasteiger partial charge >= 0.3 is 0 Å². The molecule has 1 rings (SSSR count). The molecule has 54 valence electrons. The van der Waals surface area contributed by atoms with Gasteiger partial charge < -0.3 is 4.90 Å². The van der Waals surface area contributed by atoms with Gasteiger partial charge in [-0.05, 0) is 6.92 Å². The van der Waals surface area contributed by atoms with Gasteiger partial charge in [0.2, 0.25) is 0 Å². The first-order valence-electron chi connectivity index (χ1n) is 3.41. The number of amidine groups is 1. The second-order valence-corrected chi connectivity index (χ2v) is 2.51. The topological polar surface area (TPSA) is 39.4 Å². The maximum atomic E-state index is 8.56. The minimum absolute atomic E-state index is 0.0486. The van der Waals surface area contributed by atoms with Gasteiger partial charge in [0.05, 0.1) is 12.6 Å². The van der Waals surface area contributed by atoms with Crippen LogP contribution in [-0.2, 0) is 0 Å². The van der Waals surface area contributed by atoms with Crippen LogP contribution in [0.2, 0.25) is 0 Å². The van der Waals surface area contributed by atoms with Crippen LogP contribution in [0.25, 0.3) is 0 Å². The van der Waals surface area contributed by atoms with E-state index in [2.05, 4.69) is 11.1 Å². The number of nitrogens with zero attached hydrogens (tertiary/aromatic N) is 3. The van der Waals surface area contributed by atoms with E-state index in [1.54, 1.807) is 0 Å². The zero-order chi connectivity index (χ0) is 7.56. The average molecular weight is 137 g/mol. The van der Waals surface area contributed by atoms with Crippen molar-refractivity contribution in [1.82, 2.24) is 4.90 Å². The summed E-state index contributed by atoms with van der Waals surface area (Å²) in [4.78, 5) is 6.24. The van der Waals surface area contributed by atoms with Crippen LogP contribution in [0.1, 0.15) is 6.92 Å². The maximum Gasteiger partial charge on any atom is 0.116 e. The Morgan fingerprint density at radius 2 is 2.50 bits per heavy atom. The van der Waals surface area contributed by atoms with Gasteiger partial charge in [-0.15, -0.1) is 0 Å². The summed E-state index contributed by atoms with van der Waals surface area (Å²) in [7, 11) is 1.97. The molecule has 0 N–H and O–H groups in total. The molecule has 0 spiro atoms. The molecule has 1 aliphatic heterocycles. The number of hydrogen-bond acceptors (Lipinski definition) is 3. The van der Waals surface area contributed by atoms with Crippen molar-refractivity contribution in [3.63, 3.8) is 0 Å². The third kappa shape index (κ3) is 1.10. The first-order valence-corrected chi connectivity index (χ1v) is 3.41. The summed E-state index contributed by atoms with van der Waals surface area (Å²) in [5, 5.41) is 8.56. The van der Waals surface area contributed by atoms with E-state index in [1.807, 2.05) is 18.9 Å². The standard InChI is InChI=1S/C7H11N3/c1-6(5-8)7-9-3-4-10(7)2/h6H,3-4H2,1-2H3. The van der Waals surface area contributed by atoms with Crippen LogP contribution in [-0.4, -0.2) is 30.9 Å². The van der Waals surface area contributed by atoms with Gasteiger partial charge in [0.25, 0.3) is 0 Å². The molecular formula is C7H11N3. The summed E-state index contributed by atoms with van der Waals surface area (Å²) in [6, 6.07) is 2.16. The molecule has 1 aliphatic rings. The molecule has 1 heterocycles. The monoisotopic (exact) mass is 137 g/mol. The van der Waals surface area contributed by atoms with Crippen LogP contribution in [0, 0.1) is 17.2 Å². The summed E-state index contributed by atoms with van der Waals surface area (Å²) in [6.45, 7) is 3.68. The van der Waals surface area contributed by atoms with E-state index in [9.17, 15) is 0 Å². The van der Waals surface area contributed by atoms with Gasteiger partial charge in [0.1, 0.15) is 11.8 Å². The molecular weight excluding hydrogens is 126 g/mol. The first kappa shape index (κ1) is 7.07. The largest absolute Gasteiger partial charge is 0.360 e. The molecule has 0 radical (unpaired) electrons. The van der Waals surface area contributed by atoms with Gasteiger partial charge in [-0.25, -0.2) is 0 Å². The molecule has 1 atom stereocenters. The van der Waals surface area contributed by atoms with Crippen LogP contribution in [0.5, 0.6) is 0 Å². The zero-order valence-corrected chi connectivity index (χ0v) is 6.33. The molecule has 3 heteroatoms. The number of hydrogen-bond donors (Lipinski definition) is 0. The normalized spacial score (nSPS) is 20.1. The van der Waals surface area contributed by atoms with E-state index in [1.165, 1.54) is 0 Å². The van der Waals surface area contributed by atoms with E-state index < -0.39 is 0 Å². The van der Waals surface area contributed by atoms with Crippen molar-refractivity contribution in [3.8, 4) is 6.07 Å². The first-order chi connectivity index (χ1) is 4.75. The van der Waals surface area contributed by atoms with E-state index in [-0.39, 0.29) is 5.92 Å². The van der Waals surface area contributed by atoms with Crippen molar-refractivity contribution >= 4 is 5.84 Å². The van der Waals surface area contributed by atoms with Gasteiger partial charge in [0.15, 0.2) is 0 Å². The van der Waals surface area contributed by atoms with Crippen molar-refractivity contribution in [2.75, 3.05) is 20.1 Å². The molecule has 0 aliphatic carbocycles. The van der Waals surface area contributed by atoms with E-state index in [4.69, 9.17) is 5.26 Å². The Bertz CT molecular complexity index is 190. The Balaban J connectivity index is 2.65. The Labute approximate surface area is 61.0 Å². The molecule has 0 saturated carbocycles. The highest BCUT2D eigenvalue weighted by atomic mass is 15.2. The number of aliphatic imine (C=N–C) groups is 1. The van der Waals surface area contributed by atoms with Gasteiger partial charge in [0, 0.05) is 13.6 Å². The van der Waals surface area contributed by atoms with E-state index in [0.717, 1.165) is 18.9 Å². The minimum Gasteiger partial charge on any atom is -0.360 e. The second kappa shape index (κ2) is 2.70. The molecule has 0 aromatic rings. The number of likely N-dealkylation sites (N-methyl/N-ethyl adjacent to an activating group) is 1. The molecule has 1 unspecified atom stereocenters. The number of nitriles is 1. The third-order valence-corrected chi connectivity index (χ3v) is 1.68. The molecule has 10 heavy (non-hydrogen) atoms. The van der Waals surface area contributed by atoms with E-state index >= 15 is 0 Å². The lowest BCUT2D eigenvalue weighted by Crippen LogP contribution is -2.27. The Kier molecular flexibility index (Phi) is 1.91. The molecule has 3 nitrogen and oxygen atoms in total. The SMILES string of the molecule is CC(C#N)C1=NCCN1C. The summed E-state index contributed by atoms with van der Waals surface area (Å²) in [5.74, 6) is 0.884. The van der Waals surface area contributed by atoms with Crippen molar-refractivity contribution in [2.45, 2.75) is 6.92 Å². The zero-order valence-electron chi connectivity index (χ0n) is 6.33. The van der Waals surface area contributed by atoms with Crippen molar-refractivity contribution in [3.05, 3.63) is 0 Å². The fraction of sp³-hybridized carbons (Fsp3) is 0.714. The predicted octanol–water partition coefficient (Wildman–Crippen LogP) is 0.490. The quantitative estimate of drug-likeness (QED) is 0.527. The maximum absolute atomic E-state index is 8.56. The summed E-state index contributed by atoms with van der Waals surface area (Å²) >= 11 is 0. The molecule has 0 aromatic carbocycles. The van der Waals surface area contributed by atoms with Crippen LogP contribution in [0.4, 0.5) is 0 Å². The third-order valence-electron chi connectivity index (χ3n) is 1.68. The Morgan fingerprint density at radius 3 is 2.90 bits per heavy atom. The predicted molar refractivity (Wildman–Crippen MR) is 39.7 cm³/mol.